The monoisotopic (exact) mass is 229 g/mol. The standard InChI is InChI=1S/C10H20BNO4/c1-7-5-12(14,2-3-15-7)8-4-10(11)16-6-9(8)13/h7-10,13H,2-6,11H2,1H3/t7?,8-,9+,10+,12?/m0/s1. The van der Waals surface area contributed by atoms with E-state index >= 15 is 0 Å². The molecular weight excluding hydrogens is 209 g/mol. The quantitative estimate of drug-likeness (QED) is 0.349. The van der Waals surface area contributed by atoms with Crippen molar-refractivity contribution in [3.8, 4) is 0 Å². The third-order valence-corrected chi connectivity index (χ3v) is 3.61. The first-order chi connectivity index (χ1) is 7.51. The van der Waals surface area contributed by atoms with Crippen LogP contribution in [0.1, 0.15) is 13.3 Å². The van der Waals surface area contributed by atoms with Crippen LogP contribution in [0.5, 0.6) is 0 Å². The minimum Gasteiger partial charge on any atom is -0.632 e. The zero-order valence-corrected chi connectivity index (χ0v) is 9.96. The molecule has 2 saturated heterocycles. The molecule has 0 saturated carbocycles. The lowest BCUT2D eigenvalue weighted by molar-refractivity contribution is -0.921. The molecule has 0 amide bonds. The molecule has 6 heteroatoms. The van der Waals surface area contributed by atoms with Gasteiger partial charge in [0.25, 0.3) is 0 Å². The third-order valence-electron chi connectivity index (χ3n) is 3.61. The first kappa shape index (κ1) is 12.3. The van der Waals surface area contributed by atoms with Crippen molar-refractivity contribution in [3.05, 3.63) is 5.21 Å². The maximum atomic E-state index is 12.7. The largest absolute Gasteiger partial charge is 0.632 e. The van der Waals surface area contributed by atoms with E-state index in [-0.39, 0.29) is 29.4 Å². The second-order valence-electron chi connectivity index (χ2n) is 5.05. The summed E-state index contributed by atoms with van der Waals surface area (Å²) >= 11 is 0. The van der Waals surface area contributed by atoms with Gasteiger partial charge < -0.3 is 24.4 Å². The van der Waals surface area contributed by atoms with Gasteiger partial charge in [0.2, 0.25) is 0 Å². The van der Waals surface area contributed by atoms with E-state index in [1.165, 1.54) is 0 Å². The van der Waals surface area contributed by atoms with Gasteiger partial charge in [-0.2, -0.15) is 0 Å². The highest BCUT2D eigenvalue weighted by molar-refractivity contribution is 6.11. The van der Waals surface area contributed by atoms with Gasteiger partial charge in [0.1, 0.15) is 39.2 Å². The number of hydrogen-bond donors (Lipinski definition) is 1. The van der Waals surface area contributed by atoms with Gasteiger partial charge >= 0.3 is 0 Å². The number of rotatable bonds is 1. The average Bonchev–Trinajstić information content (AvgIpc) is 2.21. The molecule has 16 heavy (non-hydrogen) atoms. The Morgan fingerprint density at radius 1 is 1.44 bits per heavy atom. The van der Waals surface area contributed by atoms with Crippen molar-refractivity contribution in [1.29, 1.82) is 0 Å². The molecule has 2 rings (SSSR count). The smallest absolute Gasteiger partial charge is 0.139 e. The summed E-state index contributed by atoms with van der Waals surface area (Å²) in [6, 6.07) is -0.189. The molecule has 1 N–H and O–H groups in total. The Morgan fingerprint density at radius 2 is 2.19 bits per heavy atom. The molecule has 5 nitrogen and oxygen atoms in total. The van der Waals surface area contributed by atoms with E-state index < -0.39 is 6.10 Å². The Balaban J connectivity index is 2.08. The molecule has 2 aliphatic heterocycles. The first-order valence-electron chi connectivity index (χ1n) is 6.00. The summed E-state index contributed by atoms with van der Waals surface area (Å²) in [4.78, 5) is 0. The Hall–Kier alpha value is -0.135. The molecule has 2 heterocycles. The van der Waals surface area contributed by atoms with Crippen molar-refractivity contribution < 1.29 is 19.2 Å². The number of aliphatic hydroxyl groups excluding tert-OH is 1. The molecular formula is C10H20BNO4. The molecule has 0 aliphatic carbocycles. The fourth-order valence-electron chi connectivity index (χ4n) is 2.73. The average molecular weight is 229 g/mol. The topological polar surface area (TPSA) is 61.8 Å². The van der Waals surface area contributed by atoms with Gasteiger partial charge in [0.05, 0.1) is 13.2 Å². The maximum Gasteiger partial charge on any atom is 0.139 e. The lowest BCUT2D eigenvalue weighted by Crippen LogP contribution is -2.65. The lowest BCUT2D eigenvalue weighted by Gasteiger charge is -2.55. The highest BCUT2D eigenvalue weighted by Gasteiger charge is 2.41. The van der Waals surface area contributed by atoms with Crippen LogP contribution in [0.25, 0.3) is 0 Å². The van der Waals surface area contributed by atoms with E-state index in [0.29, 0.717) is 26.1 Å². The van der Waals surface area contributed by atoms with Crippen molar-refractivity contribution in [2.75, 3.05) is 26.3 Å². The molecule has 0 radical (unpaired) electrons. The normalized spacial score (nSPS) is 50.2. The number of ether oxygens (including phenoxy) is 2. The molecule has 0 aromatic carbocycles. The zero-order valence-electron chi connectivity index (χ0n) is 9.96. The second-order valence-corrected chi connectivity index (χ2v) is 5.05. The zero-order chi connectivity index (χ0) is 11.8. The Labute approximate surface area is 96.9 Å². The number of hydroxylamine groups is 3. The highest BCUT2D eigenvalue weighted by Crippen LogP contribution is 2.27. The number of morpholine rings is 1. The number of hydrogen-bond acceptors (Lipinski definition) is 4. The van der Waals surface area contributed by atoms with Crippen LogP contribution in [0.3, 0.4) is 0 Å². The van der Waals surface area contributed by atoms with Crippen LogP contribution in [0, 0.1) is 5.21 Å². The summed E-state index contributed by atoms with van der Waals surface area (Å²) < 4.78 is 10.4. The number of quaternary nitrogens is 1. The third kappa shape index (κ3) is 2.41. The van der Waals surface area contributed by atoms with E-state index in [9.17, 15) is 10.3 Å². The second kappa shape index (κ2) is 4.62. The first-order valence-corrected chi connectivity index (χ1v) is 6.00. The molecule has 0 aromatic rings. The van der Waals surface area contributed by atoms with Crippen molar-refractivity contribution in [2.45, 2.75) is 37.6 Å². The van der Waals surface area contributed by atoms with Crippen LogP contribution in [-0.4, -0.2) is 68.2 Å². The summed E-state index contributed by atoms with van der Waals surface area (Å²) in [5.41, 5.74) is 0. The van der Waals surface area contributed by atoms with Gasteiger partial charge in [0.15, 0.2) is 0 Å². The molecule has 92 valence electrons. The summed E-state index contributed by atoms with van der Waals surface area (Å²) in [5.74, 6) is 0. The van der Waals surface area contributed by atoms with Gasteiger partial charge in [0, 0.05) is 12.4 Å². The Bertz CT molecular complexity index is 255. The minimum absolute atomic E-state index is 0.0170. The van der Waals surface area contributed by atoms with Crippen LogP contribution < -0.4 is 0 Å². The van der Waals surface area contributed by atoms with Crippen molar-refractivity contribution in [3.63, 3.8) is 0 Å². The van der Waals surface area contributed by atoms with Crippen LogP contribution >= 0.6 is 0 Å². The van der Waals surface area contributed by atoms with Gasteiger partial charge in [-0.1, -0.05) is 0 Å². The summed E-state index contributed by atoms with van der Waals surface area (Å²) in [6.07, 6.45) is -0.0206. The van der Waals surface area contributed by atoms with Gasteiger partial charge in [-0.3, -0.25) is 0 Å². The van der Waals surface area contributed by atoms with Gasteiger partial charge in [-0.25, -0.2) is 0 Å². The van der Waals surface area contributed by atoms with Gasteiger partial charge in [-0.05, 0) is 6.92 Å². The fraction of sp³-hybridized carbons (Fsp3) is 1.00. The molecule has 2 fully saturated rings. The van der Waals surface area contributed by atoms with Gasteiger partial charge in [-0.15, -0.1) is 0 Å². The SMILES string of the molecule is B[C@H]1C[C@H]([N+]2([O-])CCOC(C)C2)[C@H](O)CO1. The van der Waals surface area contributed by atoms with E-state index in [4.69, 9.17) is 9.47 Å². The molecule has 5 atom stereocenters. The van der Waals surface area contributed by atoms with E-state index in [0.717, 1.165) is 0 Å². The molecule has 0 bridgehead atoms. The Morgan fingerprint density at radius 3 is 2.88 bits per heavy atom. The number of nitrogens with zero attached hydrogens (tertiary/aromatic N) is 1. The highest BCUT2D eigenvalue weighted by atomic mass is 16.6. The van der Waals surface area contributed by atoms with Crippen LogP contribution in [0.2, 0.25) is 0 Å². The minimum atomic E-state index is -0.640. The summed E-state index contributed by atoms with van der Waals surface area (Å²) in [5, 5.41) is 22.6. The van der Waals surface area contributed by atoms with Crippen LogP contribution in [0.4, 0.5) is 0 Å². The van der Waals surface area contributed by atoms with Crippen LogP contribution in [0.15, 0.2) is 0 Å². The van der Waals surface area contributed by atoms with Crippen molar-refractivity contribution in [1.82, 2.24) is 0 Å². The van der Waals surface area contributed by atoms with E-state index in [1.54, 1.807) is 0 Å². The van der Waals surface area contributed by atoms with Crippen LogP contribution in [-0.2, 0) is 9.47 Å². The fourth-order valence-corrected chi connectivity index (χ4v) is 2.73. The predicted molar refractivity (Wildman–Crippen MR) is 61.5 cm³/mol. The molecule has 2 aliphatic rings. The predicted octanol–water partition coefficient (Wildman–Crippen LogP) is -1.17. The molecule has 0 aromatic heterocycles. The lowest BCUT2D eigenvalue weighted by atomic mass is 9.87. The van der Waals surface area contributed by atoms with Crippen molar-refractivity contribution in [2.24, 2.45) is 0 Å². The molecule has 2 unspecified atom stereocenters. The van der Waals surface area contributed by atoms with E-state index in [2.05, 4.69) is 0 Å². The maximum absolute atomic E-state index is 12.7. The molecule has 0 spiro atoms. The summed E-state index contributed by atoms with van der Waals surface area (Å²) in [6.45, 7) is 3.57. The Kier molecular flexibility index (Phi) is 3.56. The van der Waals surface area contributed by atoms with Crippen molar-refractivity contribution >= 4 is 7.85 Å². The summed E-state index contributed by atoms with van der Waals surface area (Å²) in [7, 11) is 1.95. The van der Waals surface area contributed by atoms with E-state index in [1.807, 2.05) is 14.8 Å². The number of aliphatic hydroxyl groups is 1.